The van der Waals surface area contributed by atoms with Gasteiger partial charge < -0.3 is 15.4 Å². The van der Waals surface area contributed by atoms with E-state index in [-0.39, 0.29) is 12.6 Å². The van der Waals surface area contributed by atoms with Gasteiger partial charge in [0.1, 0.15) is 0 Å². The summed E-state index contributed by atoms with van der Waals surface area (Å²) < 4.78 is 27.0. The van der Waals surface area contributed by atoms with Gasteiger partial charge in [0.25, 0.3) is 0 Å². The first-order valence-electron chi connectivity index (χ1n) is 5.33. The Kier molecular flexibility index (Phi) is 6.36. The maximum Gasteiger partial charge on any atom is 0.166 e. The molecule has 0 rings (SSSR count). The molecular weight excluding hydrogens is 260 g/mol. The lowest BCUT2D eigenvalue weighted by Gasteiger charge is -2.24. The van der Waals surface area contributed by atoms with Gasteiger partial charge in [-0.2, -0.15) is 0 Å². The molecule has 0 saturated heterocycles. The van der Waals surface area contributed by atoms with Gasteiger partial charge in [-0.15, -0.1) is 0 Å². The van der Waals surface area contributed by atoms with Crippen molar-refractivity contribution in [3.8, 4) is 0 Å². The van der Waals surface area contributed by atoms with Crippen LogP contribution in [0.2, 0.25) is 0 Å². The Hall–Kier alpha value is -0.400. The highest BCUT2D eigenvalue weighted by Crippen LogP contribution is 2.13. The summed E-state index contributed by atoms with van der Waals surface area (Å²) in [6.45, 7) is 6.07. The van der Waals surface area contributed by atoms with Crippen molar-refractivity contribution in [2.75, 3.05) is 26.5 Å². The van der Waals surface area contributed by atoms with E-state index in [0.717, 1.165) is 0 Å². The molecule has 0 amide bonds. The number of hydrogen-bond acceptors (Lipinski definition) is 4. The summed E-state index contributed by atoms with van der Waals surface area (Å²) in [4.78, 5) is 0. The van der Waals surface area contributed by atoms with Gasteiger partial charge in [-0.3, -0.25) is 0 Å². The summed E-state index contributed by atoms with van der Waals surface area (Å²) in [6, 6.07) is 0.0846. The first kappa shape index (κ1) is 16.6. The van der Waals surface area contributed by atoms with E-state index in [0.29, 0.717) is 11.7 Å². The van der Waals surface area contributed by atoms with Crippen molar-refractivity contribution in [1.29, 1.82) is 0 Å². The minimum atomic E-state index is -3.11. The molecule has 0 bridgehead atoms. The van der Waals surface area contributed by atoms with Crippen LogP contribution in [0.3, 0.4) is 0 Å². The second-order valence-electron chi connectivity index (χ2n) is 4.72. The number of ether oxygens (including phenoxy) is 1. The number of nitrogens with one attached hydrogen (secondary N) is 2. The van der Waals surface area contributed by atoms with Crippen LogP contribution in [0.15, 0.2) is 0 Å². The predicted molar refractivity (Wildman–Crippen MR) is 74.0 cm³/mol. The summed E-state index contributed by atoms with van der Waals surface area (Å²) in [7, 11) is -1.50. The average Bonchev–Trinajstić information content (AvgIpc) is 2.13. The van der Waals surface area contributed by atoms with E-state index in [9.17, 15) is 8.42 Å². The Bertz CT molecular complexity index is 353. The van der Waals surface area contributed by atoms with Crippen molar-refractivity contribution >= 4 is 27.2 Å². The van der Waals surface area contributed by atoms with Gasteiger partial charge in [-0.05, 0) is 33.0 Å². The minimum absolute atomic E-state index is 0.0846. The van der Waals surface area contributed by atoms with Crippen molar-refractivity contribution in [3.05, 3.63) is 0 Å². The van der Waals surface area contributed by atoms with Crippen LogP contribution in [0.1, 0.15) is 20.8 Å². The molecule has 1 atom stereocenters. The molecule has 0 aliphatic rings. The zero-order valence-electron chi connectivity index (χ0n) is 11.0. The number of sulfone groups is 1. The van der Waals surface area contributed by atoms with Crippen LogP contribution in [0.25, 0.3) is 0 Å². The fraction of sp³-hybridized carbons (Fsp3) is 0.900. The Morgan fingerprint density at radius 2 is 2.00 bits per heavy atom. The van der Waals surface area contributed by atoms with Crippen molar-refractivity contribution in [3.63, 3.8) is 0 Å². The van der Waals surface area contributed by atoms with E-state index in [1.807, 2.05) is 6.92 Å². The van der Waals surface area contributed by atoms with Gasteiger partial charge in [0.2, 0.25) is 0 Å². The molecule has 2 N–H and O–H groups in total. The second kappa shape index (κ2) is 6.51. The SMILES string of the molecule is COCC(C)NC(=S)NCC(C)(C)S(C)(=O)=O. The van der Waals surface area contributed by atoms with E-state index < -0.39 is 14.6 Å². The summed E-state index contributed by atoms with van der Waals surface area (Å²) in [5.74, 6) is 0. The lowest BCUT2D eigenvalue weighted by atomic mass is 10.2. The quantitative estimate of drug-likeness (QED) is 0.684. The lowest BCUT2D eigenvalue weighted by Crippen LogP contribution is -2.49. The standard InChI is InChI=1S/C10H22N2O3S2/c1-8(6-15-4)12-9(16)11-7-10(2,3)17(5,13)14/h8H,6-7H2,1-5H3,(H2,11,12,16). The third-order valence-electron chi connectivity index (χ3n) is 2.47. The van der Waals surface area contributed by atoms with Crippen LogP contribution < -0.4 is 10.6 Å². The molecule has 0 saturated carbocycles. The Morgan fingerprint density at radius 1 is 1.47 bits per heavy atom. The van der Waals surface area contributed by atoms with Crippen LogP contribution in [-0.2, 0) is 14.6 Å². The molecule has 0 radical (unpaired) electrons. The maximum absolute atomic E-state index is 11.5. The Labute approximate surface area is 109 Å². The normalized spacial score (nSPS) is 14.2. The highest BCUT2D eigenvalue weighted by Gasteiger charge is 2.30. The summed E-state index contributed by atoms with van der Waals surface area (Å²) in [5.41, 5.74) is 0. The number of rotatable bonds is 6. The van der Waals surface area contributed by atoms with Gasteiger partial charge in [0.15, 0.2) is 14.9 Å². The maximum atomic E-state index is 11.5. The van der Waals surface area contributed by atoms with Crippen LogP contribution in [0.4, 0.5) is 0 Å². The lowest BCUT2D eigenvalue weighted by molar-refractivity contribution is 0.179. The van der Waals surface area contributed by atoms with Crippen LogP contribution in [0.5, 0.6) is 0 Å². The van der Waals surface area contributed by atoms with Crippen molar-refractivity contribution in [2.45, 2.75) is 31.6 Å². The molecule has 1 unspecified atom stereocenters. The predicted octanol–water partition coefficient (Wildman–Crippen LogP) is 0.309. The summed E-state index contributed by atoms with van der Waals surface area (Å²) in [6.07, 6.45) is 1.22. The summed E-state index contributed by atoms with van der Waals surface area (Å²) >= 11 is 5.06. The molecule has 0 heterocycles. The number of hydrogen-bond donors (Lipinski definition) is 2. The molecule has 0 aromatic rings. The molecular formula is C10H22N2O3S2. The van der Waals surface area contributed by atoms with Gasteiger partial charge >= 0.3 is 0 Å². The fourth-order valence-corrected chi connectivity index (χ4v) is 1.60. The molecule has 0 spiro atoms. The van der Waals surface area contributed by atoms with Gasteiger partial charge in [0.05, 0.1) is 11.4 Å². The molecule has 0 aromatic heterocycles. The Balaban J connectivity index is 4.17. The molecule has 17 heavy (non-hydrogen) atoms. The van der Waals surface area contributed by atoms with Gasteiger partial charge in [0, 0.05) is 26.0 Å². The first-order chi connectivity index (χ1) is 7.60. The van der Waals surface area contributed by atoms with Gasteiger partial charge in [-0.25, -0.2) is 8.42 Å². The Morgan fingerprint density at radius 3 is 2.41 bits per heavy atom. The van der Waals surface area contributed by atoms with Crippen LogP contribution >= 0.6 is 12.2 Å². The molecule has 0 aromatic carbocycles. The minimum Gasteiger partial charge on any atom is -0.383 e. The molecule has 7 heteroatoms. The highest BCUT2D eigenvalue weighted by atomic mass is 32.2. The smallest absolute Gasteiger partial charge is 0.166 e. The zero-order valence-corrected chi connectivity index (χ0v) is 12.7. The molecule has 102 valence electrons. The molecule has 0 aliphatic heterocycles. The van der Waals surface area contributed by atoms with E-state index in [4.69, 9.17) is 17.0 Å². The third-order valence-corrected chi connectivity index (χ3v) is 4.89. The average molecular weight is 282 g/mol. The topological polar surface area (TPSA) is 67.4 Å². The first-order valence-corrected chi connectivity index (χ1v) is 7.63. The third kappa shape index (κ3) is 6.18. The van der Waals surface area contributed by atoms with E-state index >= 15 is 0 Å². The highest BCUT2D eigenvalue weighted by molar-refractivity contribution is 7.92. The monoisotopic (exact) mass is 282 g/mol. The van der Waals surface area contributed by atoms with Crippen molar-refractivity contribution in [1.82, 2.24) is 10.6 Å². The van der Waals surface area contributed by atoms with E-state index in [2.05, 4.69) is 10.6 Å². The molecule has 0 aliphatic carbocycles. The van der Waals surface area contributed by atoms with E-state index in [1.54, 1.807) is 21.0 Å². The fourth-order valence-electron chi connectivity index (χ4n) is 0.991. The largest absolute Gasteiger partial charge is 0.383 e. The van der Waals surface area contributed by atoms with Crippen molar-refractivity contribution in [2.24, 2.45) is 0 Å². The second-order valence-corrected chi connectivity index (χ2v) is 7.77. The van der Waals surface area contributed by atoms with Crippen molar-refractivity contribution < 1.29 is 13.2 Å². The number of thiocarbonyl (C=S) groups is 1. The van der Waals surface area contributed by atoms with Gasteiger partial charge in [-0.1, -0.05) is 0 Å². The molecule has 5 nitrogen and oxygen atoms in total. The zero-order chi connectivity index (χ0) is 13.7. The molecule has 0 fully saturated rings. The van der Waals surface area contributed by atoms with Crippen LogP contribution in [-0.4, -0.2) is 50.8 Å². The van der Waals surface area contributed by atoms with Crippen LogP contribution in [0, 0.1) is 0 Å². The summed E-state index contributed by atoms with van der Waals surface area (Å²) in [5, 5.41) is 6.35. The van der Waals surface area contributed by atoms with E-state index in [1.165, 1.54) is 6.26 Å². The number of methoxy groups -OCH3 is 1.